The summed E-state index contributed by atoms with van der Waals surface area (Å²) in [6.07, 6.45) is -4.41. The Morgan fingerprint density at radius 1 is 1.18 bits per heavy atom. The number of carbonyl (C=O) groups is 2. The monoisotopic (exact) mass is 584 g/mol. The molecular formula is C27H28ClF3N2O5S. The zero-order valence-electron chi connectivity index (χ0n) is 21.3. The van der Waals surface area contributed by atoms with Crippen LogP contribution in [-0.4, -0.2) is 38.3 Å². The molecule has 2 aliphatic rings. The van der Waals surface area contributed by atoms with Gasteiger partial charge in [0.05, 0.1) is 17.4 Å². The fourth-order valence-corrected chi connectivity index (χ4v) is 6.14. The molecule has 0 radical (unpaired) electrons. The largest absolute Gasteiger partial charge is 0.494 e. The molecule has 2 aromatic carbocycles. The highest BCUT2D eigenvalue weighted by molar-refractivity contribution is 7.91. The van der Waals surface area contributed by atoms with Crippen molar-refractivity contribution in [1.29, 1.82) is 0 Å². The average molecular weight is 585 g/mol. The van der Waals surface area contributed by atoms with E-state index in [1.807, 2.05) is 19.1 Å². The number of ether oxygens (including phenoxy) is 1. The molecule has 2 amide bonds. The van der Waals surface area contributed by atoms with Gasteiger partial charge in [0.15, 0.2) is 0 Å². The molecule has 1 atom stereocenters. The van der Waals surface area contributed by atoms with Crippen LogP contribution in [-0.2, 0) is 25.2 Å². The summed E-state index contributed by atoms with van der Waals surface area (Å²) in [5, 5.41) is 2.37. The third-order valence-electron chi connectivity index (χ3n) is 6.68. The number of amides is 2. The predicted molar refractivity (Wildman–Crippen MR) is 141 cm³/mol. The summed E-state index contributed by atoms with van der Waals surface area (Å²) in [5.41, 5.74) is 1.00. The van der Waals surface area contributed by atoms with E-state index in [0.29, 0.717) is 29.5 Å². The lowest BCUT2D eigenvalue weighted by molar-refractivity contribution is -0.136. The average Bonchev–Trinajstić information content (AvgIpc) is 3.67. The summed E-state index contributed by atoms with van der Waals surface area (Å²) in [7, 11) is -3.89. The van der Waals surface area contributed by atoms with Crippen LogP contribution < -0.4 is 14.8 Å². The van der Waals surface area contributed by atoms with Gasteiger partial charge in [0.2, 0.25) is 10.0 Å². The second-order valence-corrected chi connectivity index (χ2v) is 12.4. The number of rotatable bonds is 9. The Bertz CT molecular complexity index is 1420. The first-order valence-corrected chi connectivity index (χ1v) is 14.3. The molecule has 2 aromatic rings. The molecule has 12 heteroatoms. The van der Waals surface area contributed by atoms with Gasteiger partial charge in [0.25, 0.3) is 11.8 Å². The molecule has 4 rings (SSSR count). The van der Waals surface area contributed by atoms with E-state index in [1.165, 1.54) is 6.07 Å². The van der Waals surface area contributed by atoms with Gasteiger partial charge >= 0.3 is 6.18 Å². The molecule has 1 saturated carbocycles. The Morgan fingerprint density at radius 3 is 2.44 bits per heavy atom. The van der Waals surface area contributed by atoms with Gasteiger partial charge in [-0.3, -0.25) is 9.59 Å². The lowest BCUT2D eigenvalue weighted by atomic mass is 9.78. The van der Waals surface area contributed by atoms with Crippen molar-refractivity contribution >= 4 is 39.0 Å². The highest BCUT2D eigenvalue weighted by Crippen LogP contribution is 2.42. The predicted octanol–water partition coefficient (Wildman–Crippen LogP) is 5.17. The maximum Gasteiger partial charge on any atom is 0.389 e. The molecule has 210 valence electrons. The molecule has 39 heavy (non-hydrogen) atoms. The number of hydrogen-bond acceptors (Lipinski definition) is 5. The fourth-order valence-electron chi connectivity index (χ4n) is 4.48. The minimum atomic E-state index is -4.26. The summed E-state index contributed by atoms with van der Waals surface area (Å²) in [6.45, 7) is 3.46. The first kappa shape index (κ1) is 28.9. The molecule has 0 unspecified atom stereocenters. The third-order valence-corrected chi connectivity index (χ3v) is 8.81. The van der Waals surface area contributed by atoms with Crippen molar-refractivity contribution in [2.75, 3.05) is 6.61 Å². The molecular weight excluding hydrogens is 557 g/mol. The van der Waals surface area contributed by atoms with Gasteiger partial charge in [-0.05, 0) is 61.9 Å². The molecule has 0 bridgehead atoms. The van der Waals surface area contributed by atoms with Crippen LogP contribution in [0, 0.1) is 6.92 Å². The number of nitrogens with one attached hydrogen (secondary N) is 2. The van der Waals surface area contributed by atoms with Gasteiger partial charge in [-0.15, -0.1) is 0 Å². The molecule has 0 saturated heterocycles. The van der Waals surface area contributed by atoms with Crippen LogP contribution in [0.1, 0.15) is 55.7 Å². The number of benzene rings is 2. The van der Waals surface area contributed by atoms with Crippen LogP contribution in [0.25, 0.3) is 5.57 Å². The van der Waals surface area contributed by atoms with Crippen LogP contribution in [0.2, 0.25) is 5.02 Å². The highest BCUT2D eigenvalue weighted by Gasteiger charge is 2.43. The first-order chi connectivity index (χ1) is 18.2. The van der Waals surface area contributed by atoms with Crippen molar-refractivity contribution in [3.8, 4) is 5.75 Å². The molecule has 2 N–H and O–H groups in total. The van der Waals surface area contributed by atoms with Crippen LogP contribution >= 0.6 is 11.6 Å². The summed E-state index contributed by atoms with van der Waals surface area (Å²) < 4.78 is 69.5. The molecule has 1 fully saturated rings. The molecule has 0 spiro atoms. The number of aryl methyl sites for hydroxylation is 1. The number of sulfonamides is 1. The lowest BCUT2D eigenvalue weighted by Crippen LogP contribution is -2.51. The zero-order chi connectivity index (χ0) is 28.6. The topological polar surface area (TPSA) is 102 Å². The fraction of sp³-hybridized carbons (Fsp3) is 0.407. The number of alkyl halides is 3. The van der Waals surface area contributed by atoms with Crippen molar-refractivity contribution < 1.29 is 35.9 Å². The maximum absolute atomic E-state index is 13.4. The Kier molecular flexibility index (Phi) is 8.05. The van der Waals surface area contributed by atoms with Gasteiger partial charge in [-0.2, -0.15) is 13.2 Å². The summed E-state index contributed by atoms with van der Waals surface area (Å²) in [5.74, 6) is -1.48. The minimum Gasteiger partial charge on any atom is -0.494 e. The first-order valence-electron chi connectivity index (χ1n) is 12.4. The van der Waals surface area contributed by atoms with E-state index in [0.717, 1.165) is 5.56 Å². The number of halogens is 4. The minimum absolute atomic E-state index is 0.111. The van der Waals surface area contributed by atoms with Crippen molar-refractivity contribution in [2.24, 2.45) is 0 Å². The highest BCUT2D eigenvalue weighted by atomic mass is 35.5. The summed E-state index contributed by atoms with van der Waals surface area (Å²) in [6, 6.07) is 11.8. The van der Waals surface area contributed by atoms with Gasteiger partial charge in [0.1, 0.15) is 11.3 Å². The van der Waals surface area contributed by atoms with E-state index in [2.05, 4.69) is 10.0 Å². The standard InChI is InChI=1S/C27H28ClF3N2O5S/c1-16-4-6-17(7-5-16)20-15-26(2,32-24(34)23(20)25(35)33-39(36,37)19-9-10-19)21-11-8-18(14-22(21)28)38-13-3-12-27(29,30)31/h4-8,11,14,19H,3,9-10,12-13,15H2,1-2H3,(H,32,34)(H,33,35)/t26-/m0/s1. The normalized spacial score (nSPS) is 20.0. The van der Waals surface area contributed by atoms with Crippen LogP contribution in [0.5, 0.6) is 5.75 Å². The van der Waals surface area contributed by atoms with Crippen LogP contribution in [0.3, 0.4) is 0 Å². The Morgan fingerprint density at radius 2 is 1.85 bits per heavy atom. The van der Waals surface area contributed by atoms with Crippen LogP contribution in [0.15, 0.2) is 48.0 Å². The number of carbonyl (C=O) groups excluding carboxylic acids is 2. The van der Waals surface area contributed by atoms with E-state index in [9.17, 15) is 31.2 Å². The van der Waals surface area contributed by atoms with Crippen LogP contribution in [0.4, 0.5) is 13.2 Å². The van der Waals surface area contributed by atoms with Gasteiger partial charge in [-0.1, -0.05) is 47.5 Å². The quantitative estimate of drug-likeness (QED) is 0.313. The molecule has 7 nitrogen and oxygen atoms in total. The van der Waals surface area contributed by atoms with Gasteiger partial charge < -0.3 is 10.1 Å². The van der Waals surface area contributed by atoms with Crippen molar-refractivity contribution in [3.63, 3.8) is 0 Å². The van der Waals surface area contributed by atoms with Gasteiger partial charge in [0, 0.05) is 17.9 Å². The maximum atomic E-state index is 13.4. The second-order valence-electron chi connectivity index (χ2n) is 10.1. The molecule has 0 aromatic heterocycles. The van der Waals surface area contributed by atoms with E-state index in [1.54, 1.807) is 31.2 Å². The van der Waals surface area contributed by atoms with E-state index in [-0.39, 0.29) is 35.8 Å². The zero-order valence-corrected chi connectivity index (χ0v) is 22.9. The SMILES string of the molecule is Cc1ccc(C2=C(C(=O)NS(=O)(=O)C3CC3)C(=O)N[C@](C)(c3ccc(OCCCC(F)(F)F)cc3Cl)C2)cc1. The Labute approximate surface area is 229 Å². The second kappa shape index (κ2) is 10.8. The van der Waals surface area contributed by atoms with Crippen molar-refractivity contribution in [1.82, 2.24) is 10.0 Å². The molecule has 1 heterocycles. The lowest BCUT2D eigenvalue weighted by Gasteiger charge is -2.38. The molecule has 1 aliphatic heterocycles. The molecule has 1 aliphatic carbocycles. The van der Waals surface area contributed by atoms with Gasteiger partial charge in [-0.25, -0.2) is 13.1 Å². The summed E-state index contributed by atoms with van der Waals surface area (Å²) >= 11 is 6.54. The van der Waals surface area contributed by atoms with Crippen molar-refractivity contribution in [2.45, 2.75) is 62.9 Å². The Balaban J connectivity index is 1.64. The third kappa shape index (κ3) is 6.94. The van der Waals surface area contributed by atoms with E-state index < -0.39 is 45.2 Å². The summed E-state index contributed by atoms with van der Waals surface area (Å²) in [4.78, 5) is 26.5. The van der Waals surface area contributed by atoms with Crippen molar-refractivity contribution in [3.05, 3.63) is 69.8 Å². The van der Waals surface area contributed by atoms with E-state index >= 15 is 0 Å². The Hall–Kier alpha value is -3.05. The van der Waals surface area contributed by atoms with E-state index in [4.69, 9.17) is 16.3 Å². The number of hydrogen-bond donors (Lipinski definition) is 2. The smallest absolute Gasteiger partial charge is 0.389 e.